The second-order valence-electron chi connectivity index (χ2n) is 5.81. The Balaban J connectivity index is 1.68. The third kappa shape index (κ3) is 2.24. The molecule has 4 rings (SSSR count). The summed E-state index contributed by atoms with van der Waals surface area (Å²) in [6.45, 7) is 0.419. The van der Waals surface area contributed by atoms with Crippen molar-refractivity contribution in [1.29, 1.82) is 0 Å². The molecule has 3 aromatic rings. The van der Waals surface area contributed by atoms with Crippen LogP contribution in [0.2, 0.25) is 0 Å². The van der Waals surface area contributed by atoms with Gasteiger partial charge in [0.15, 0.2) is 0 Å². The molecule has 5 heteroatoms. The third-order valence-corrected chi connectivity index (χ3v) is 6.30. The van der Waals surface area contributed by atoms with Crippen molar-refractivity contribution in [3.63, 3.8) is 0 Å². The summed E-state index contributed by atoms with van der Waals surface area (Å²) in [5, 5.41) is 1.79. The summed E-state index contributed by atoms with van der Waals surface area (Å²) in [4.78, 5) is 0.408. The second kappa shape index (κ2) is 5.53. The predicted molar refractivity (Wildman–Crippen MR) is 95.2 cm³/mol. The molecule has 0 spiro atoms. The summed E-state index contributed by atoms with van der Waals surface area (Å²) in [7, 11) is -1.84. The number of benzene rings is 3. The Kier molecular flexibility index (Phi) is 3.46. The molecular formula is C19H17NO3S. The first-order valence-electron chi connectivity index (χ1n) is 7.79. The zero-order valence-corrected chi connectivity index (χ0v) is 14.1. The fourth-order valence-corrected chi connectivity index (χ4v) is 4.93. The molecule has 0 saturated carbocycles. The number of anilines is 1. The van der Waals surface area contributed by atoms with E-state index in [1.807, 2.05) is 48.5 Å². The molecule has 122 valence electrons. The number of hydrogen-bond acceptors (Lipinski definition) is 3. The Morgan fingerprint density at radius 1 is 0.958 bits per heavy atom. The van der Waals surface area contributed by atoms with Crippen molar-refractivity contribution in [2.45, 2.75) is 11.3 Å². The molecule has 0 bridgehead atoms. The van der Waals surface area contributed by atoms with Crippen LogP contribution in [0, 0.1) is 0 Å². The van der Waals surface area contributed by atoms with Gasteiger partial charge < -0.3 is 4.74 Å². The minimum absolute atomic E-state index is 0.408. The quantitative estimate of drug-likeness (QED) is 0.730. The van der Waals surface area contributed by atoms with Crippen LogP contribution in [-0.2, 0) is 16.4 Å². The summed E-state index contributed by atoms with van der Waals surface area (Å²) in [6.07, 6.45) is 0.646. The van der Waals surface area contributed by atoms with Crippen molar-refractivity contribution in [3.05, 3.63) is 66.2 Å². The molecule has 3 aromatic carbocycles. The molecule has 0 unspecified atom stereocenters. The molecule has 24 heavy (non-hydrogen) atoms. The maximum Gasteiger partial charge on any atom is 0.265 e. The predicted octanol–water partition coefficient (Wildman–Crippen LogP) is 3.60. The van der Waals surface area contributed by atoms with Gasteiger partial charge >= 0.3 is 0 Å². The molecule has 0 aliphatic carbocycles. The van der Waals surface area contributed by atoms with Gasteiger partial charge in [-0.25, -0.2) is 8.42 Å². The Morgan fingerprint density at radius 3 is 2.38 bits per heavy atom. The van der Waals surface area contributed by atoms with E-state index in [0.717, 1.165) is 27.8 Å². The smallest absolute Gasteiger partial charge is 0.265 e. The molecule has 0 fully saturated rings. The van der Waals surface area contributed by atoms with E-state index in [0.29, 0.717) is 17.9 Å². The van der Waals surface area contributed by atoms with Crippen LogP contribution in [0.3, 0.4) is 0 Å². The summed E-state index contributed by atoms with van der Waals surface area (Å²) < 4.78 is 32.5. The largest absolute Gasteiger partial charge is 0.497 e. The molecular weight excluding hydrogens is 322 g/mol. The van der Waals surface area contributed by atoms with Crippen LogP contribution in [0.4, 0.5) is 5.69 Å². The van der Waals surface area contributed by atoms with Gasteiger partial charge in [-0.3, -0.25) is 4.31 Å². The zero-order chi connectivity index (χ0) is 16.7. The van der Waals surface area contributed by atoms with Gasteiger partial charge in [-0.2, -0.15) is 0 Å². The van der Waals surface area contributed by atoms with Crippen LogP contribution >= 0.6 is 0 Å². The van der Waals surface area contributed by atoms with Gasteiger partial charge in [-0.15, -0.1) is 0 Å². The lowest BCUT2D eigenvalue weighted by Gasteiger charge is -2.18. The number of nitrogens with zero attached hydrogens (tertiary/aromatic N) is 1. The highest BCUT2D eigenvalue weighted by molar-refractivity contribution is 7.93. The maximum atomic E-state index is 12.9. The van der Waals surface area contributed by atoms with E-state index < -0.39 is 10.0 Å². The van der Waals surface area contributed by atoms with Crippen molar-refractivity contribution in [1.82, 2.24) is 0 Å². The van der Waals surface area contributed by atoms with E-state index in [1.54, 1.807) is 19.2 Å². The van der Waals surface area contributed by atoms with Gasteiger partial charge in [-0.1, -0.05) is 36.4 Å². The number of hydrogen-bond donors (Lipinski definition) is 0. The standard InChI is InChI=1S/C19H17NO3S/c1-23-16-10-8-14(9-11-16)12-13-20-17-6-2-4-15-5-3-7-18(19(15)17)24(20,21)22/h2-11H,12-13H2,1H3. The zero-order valence-electron chi connectivity index (χ0n) is 13.3. The van der Waals surface area contributed by atoms with Crippen molar-refractivity contribution in [3.8, 4) is 5.75 Å². The number of rotatable bonds is 4. The third-order valence-electron chi connectivity index (χ3n) is 4.44. The van der Waals surface area contributed by atoms with Crippen LogP contribution in [0.15, 0.2) is 65.6 Å². The average molecular weight is 339 g/mol. The molecule has 4 nitrogen and oxygen atoms in total. The summed E-state index contributed by atoms with van der Waals surface area (Å²) in [5.74, 6) is 0.796. The minimum atomic E-state index is -3.47. The van der Waals surface area contributed by atoms with Gasteiger partial charge in [0.05, 0.1) is 17.7 Å². The fraction of sp³-hybridized carbons (Fsp3) is 0.158. The van der Waals surface area contributed by atoms with E-state index >= 15 is 0 Å². The van der Waals surface area contributed by atoms with Crippen LogP contribution in [-0.4, -0.2) is 22.1 Å². The molecule has 1 heterocycles. The van der Waals surface area contributed by atoms with Gasteiger partial charge in [0.1, 0.15) is 5.75 Å². The van der Waals surface area contributed by atoms with Crippen molar-refractivity contribution in [2.24, 2.45) is 0 Å². The highest BCUT2D eigenvalue weighted by Crippen LogP contribution is 2.41. The van der Waals surface area contributed by atoms with Gasteiger partial charge in [0.25, 0.3) is 10.0 Å². The lowest BCUT2D eigenvalue weighted by molar-refractivity contribution is 0.414. The summed E-state index contributed by atoms with van der Waals surface area (Å²) in [6, 6.07) is 18.9. The monoisotopic (exact) mass is 339 g/mol. The van der Waals surface area contributed by atoms with Crippen molar-refractivity contribution >= 4 is 26.5 Å². The fourth-order valence-electron chi connectivity index (χ4n) is 3.22. The summed E-state index contributed by atoms with van der Waals surface area (Å²) in [5.41, 5.74) is 1.85. The van der Waals surface area contributed by atoms with E-state index in [-0.39, 0.29) is 0 Å². The van der Waals surface area contributed by atoms with E-state index in [1.165, 1.54) is 4.31 Å². The SMILES string of the molecule is COc1ccc(CCN2c3cccc4cccc(c34)S2(=O)=O)cc1. The van der Waals surface area contributed by atoms with Crippen LogP contribution in [0.25, 0.3) is 10.8 Å². The van der Waals surface area contributed by atoms with Crippen LogP contribution < -0.4 is 9.04 Å². The average Bonchev–Trinajstić information content (AvgIpc) is 2.83. The highest BCUT2D eigenvalue weighted by Gasteiger charge is 2.34. The molecule has 0 radical (unpaired) electrons. The molecule has 0 saturated heterocycles. The van der Waals surface area contributed by atoms with E-state index in [4.69, 9.17) is 4.74 Å². The van der Waals surface area contributed by atoms with E-state index in [9.17, 15) is 8.42 Å². The summed E-state index contributed by atoms with van der Waals surface area (Å²) >= 11 is 0. The highest BCUT2D eigenvalue weighted by atomic mass is 32.2. The Labute approximate surface area is 141 Å². The molecule has 1 aliphatic rings. The topological polar surface area (TPSA) is 46.6 Å². The molecule has 0 amide bonds. The number of ether oxygens (including phenoxy) is 1. The van der Waals surface area contributed by atoms with Crippen molar-refractivity contribution < 1.29 is 13.2 Å². The Morgan fingerprint density at radius 2 is 1.67 bits per heavy atom. The second-order valence-corrected chi connectivity index (χ2v) is 7.64. The molecule has 1 aliphatic heterocycles. The van der Waals surface area contributed by atoms with Gasteiger partial charge in [0, 0.05) is 11.9 Å². The normalized spacial score (nSPS) is 15.0. The molecule has 0 N–H and O–H groups in total. The Bertz CT molecular complexity index is 1010. The van der Waals surface area contributed by atoms with Crippen LogP contribution in [0.5, 0.6) is 5.75 Å². The lowest BCUT2D eigenvalue weighted by atomic mass is 10.1. The Hall–Kier alpha value is -2.53. The first-order valence-corrected chi connectivity index (χ1v) is 9.23. The first-order chi connectivity index (χ1) is 11.6. The molecule has 0 aromatic heterocycles. The maximum absolute atomic E-state index is 12.9. The minimum Gasteiger partial charge on any atom is -0.497 e. The molecule has 0 atom stereocenters. The van der Waals surface area contributed by atoms with Gasteiger partial charge in [0.2, 0.25) is 0 Å². The lowest BCUT2D eigenvalue weighted by Crippen LogP contribution is -2.29. The van der Waals surface area contributed by atoms with Gasteiger partial charge in [-0.05, 0) is 41.6 Å². The van der Waals surface area contributed by atoms with Crippen molar-refractivity contribution in [2.75, 3.05) is 18.0 Å². The van der Waals surface area contributed by atoms with Crippen LogP contribution in [0.1, 0.15) is 5.56 Å². The first kappa shape index (κ1) is 15.0. The number of sulfonamides is 1. The number of methoxy groups -OCH3 is 1. The van der Waals surface area contributed by atoms with E-state index in [2.05, 4.69) is 0 Å².